The van der Waals surface area contributed by atoms with Crippen molar-refractivity contribution in [1.29, 1.82) is 5.39 Å². The molecule has 3 aromatic rings. The molecule has 0 fully saturated rings. The Morgan fingerprint density at radius 2 is 1.73 bits per heavy atom. The van der Waals surface area contributed by atoms with E-state index < -0.39 is 33.3 Å². The first-order valence-electron chi connectivity index (χ1n) is 10.1. The number of aliphatic hydroxyl groups is 1. The number of nitrogens with zero attached hydrogens (tertiary/aromatic N) is 4. The van der Waals surface area contributed by atoms with Gasteiger partial charge in [0.15, 0.2) is 10.7 Å². The average molecular weight is 468 g/mol. The van der Waals surface area contributed by atoms with Crippen LogP contribution in [0.25, 0.3) is 15.9 Å². The summed E-state index contributed by atoms with van der Waals surface area (Å²) in [6.07, 6.45) is 0.476. The molecular weight excluding hydrogens is 444 g/mol. The lowest BCUT2D eigenvalue weighted by atomic mass is 10.1. The summed E-state index contributed by atoms with van der Waals surface area (Å²) in [6, 6.07) is 17.0. The SMILES string of the molecule is C/C(O)=C(\[N+]#N)C(=O)N(C)C(=O)CCCc1cc2ccccc2n1S(=O)(=O)c1ccccc1. The highest BCUT2D eigenvalue weighted by Crippen LogP contribution is 2.27. The fourth-order valence-corrected chi connectivity index (χ4v) is 5.06. The zero-order valence-electron chi connectivity index (χ0n) is 18.2. The third-order valence-corrected chi connectivity index (χ3v) is 6.95. The van der Waals surface area contributed by atoms with Crippen molar-refractivity contribution >= 4 is 32.7 Å². The van der Waals surface area contributed by atoms with E-state index in [9.17, 15) is 23.1 Å². The minimum atomic E-state index is -3.86. The number of aromatic nitrogens is 1. The number of carbonyl (C=O) groups excluding carboxylic acids is 2. The van der Waals surface area contributed by atoms with Crippen molar-refractivity contribution in [3.05, 3.63) is 82.8 Å². The number of hydrogen-bond acceptors (Lipinski definition) is 6. The van der Waals surface area contributed by atoms with Crippen LogP contribution in [-0.4, -0.2) is 41.3 Å². The lowest BCUT2D eigenvalue weighted by Crippen LogP contribution is -2.34. The lowest BCUT2D eigenvalue weighted by molar-refractivity contribution is -0.140. The Bertz CT molecular complexity index is 1380. The summed E-state index contributed by atoms with van der Waals surface area (Å²) in [5.41, 5.74) is 0.423. The molecule has 0 spiro atoms. The Balaban J connectivity index is 1.84. The van der Waals surface area contributed by atoms with Crippen LogP contribution >= 0.6 is 0 Å². The fraction of sp³-hybridized carbons (Fsp3) is 0.217. The van der Waals surface area contributed by atoms with Gasteiger partial charge in [0, 0.05) is 31.5 Å². The molecule has 10 heteroatoms. The normalized spacial score (nSPS) is 12.2. The maximum absolute atomic E-state index is 13.4. The third kappa shape index (κ3) is 4.78. The van der Waals surface area contributed by atoms with Crippen LogP contribution in [0.5, 0.6) is 0 Å². The molecule has 1 aromatic heterocycles. The number of carbonyl (C=O) groups is 2. The van der Waals surface area contributed by atoms with E-state index in [1.807, 2.05) is 12.1 Å². The molecule has 3 rings (SSSR count). The molecule has 0 unspecified atom stereocenters. The number of para-hydroxylation sites is 1. The highest BCUT2D eigenvalue weighted by Gasteiger charge is 2.33. The summed E-state index contributed by atoms with van der Waals surface area (Å²) in [4.78, 5) is 28.3. The maximum atomic E-state index is 13.4. The molecule has 170 valence electrons. The van der Waals surface area contributed by atoms with E-state index in [1.54, 1.807) is 36.4 Å². The molecule has 33 heavy (non-hydrogen) atoms. The van der Waals surface area contributed by atoms with Crippen molar-refractivity contribution in [2.24, 2.45) is 0 Å². The first-order valence-corrected chi connectivity index (χ1v) is 11.6. The van der Waals surface area contributed by atoms with Crippen LogP contribution in [-0.2, 0) is 26.0 Å². The molecule has 1 N–H and O–H groups in total. The maximum Gasteiger partial charge on any atom is 0.485 e. The number of rotatable bonds is 7. The molecule has 0 atom stereocenters. The number of amides is 2. The van der Waals surface area contributed by atoms with Crippen molar-refractivity contribution in [3.8, 4) is 0 Å². The summed E-state index contributed by atoms with van der Waals surface area (Å²) in [7, 11) is -2.65. The number of aliphatic hydroxyl groups excluding tert-OH is 1. The first kappa shape index (κ1) is 23.7. The Hall–Kier alpha value is -3.97. The summed E-state index contributed by atoms with van der Waals surface area (Å²) in [5.74, 6) is -2.02. The molecule has 2 aromatic carbocycles. The standard InChI is InChI=1S/C23H22N4O5S/c1-16(28)22(25-24)23(30)26(2)21(29)14-8-10-18-15-17-9-6-7-13-20(17)27(18)33(31,32)19-11-4-3-5-12-19/h3-7,9,11-13,15H,8,10,14H2,1-2H3/p+1. The van der Waals surface area contributed by atoms with Gasteiger partial charge in [0.1, 0.15) is 0 Å². The van der Waals surface area contributed by atoms with E-state index in [0.717, 1.165) is 17.2 Å². The van der Waals surface area contributed by atoms with Gasteiger partial charge in [0.25, 0.3) is 10.0 Å². The number of diazo groups is 1. The fourth-order valence-electron chi connectivity index (χ4n) is 3.47. The van der Waals surface area contributed by atoms with E-state index in [1.165, 1.54) is 23.2 Å². The van der Waals surface area contributed by atoms with Gasteiger partial charge in [-0.15, -0.1) is 0 Å². The van der Waals surface area contributed by atoms with Gasteiger partial charge in [-0.3, -0.25) is 14.5 Å². The third-order valence-electron chi connectivity index (χ3n) is 5.17. The molecule has 0 saturated heterocycles. The topological polar surface area (TPSA) is 125 Å². The number of allylic oxidation sites excluding steroid dienone is 1. The predicted octanol–water partition coefficient (Wildman–Crippen LogP) is 3.83. The van der Waals surface area contributed by atoms with Crippen LogP contribution < -0.4 is 0 Å². The minimum absolute atomic E-state index is 0.0572. The van der Waals surface area contributed by atoms with Gasteiger partial charge >= 0.3 is 11.6 Å². The van der Waals surface area contributed by atoms with E-state index in [2.05, 4.69) is 4.98 Å². The zero-order valence-corrected chi connectivity index (χ0v) is 19.0. The number of fused-ring (bicyclic) bond motifs is 1. The molecule has 0 bridgehead atoms. The second-order valence-corrected chi connectivity index (χ2v) is 9.21. The van der Waals surface area contributed by atoms with E-state index >= 15 is 0 Å². The van der Waals surface area contributed by atoms with Gasteiger partial charge < -0.3 is 5.11 Å². The quantitative estimate of drug-likeness (QED) is 0.320. The Labute approximate surface area is 191 Å². The van der Waals surface area contributed by atoms with Crippen LogP contribution in [0.1, 0.15) is 25.5 Å². The average Bonchev–Trinajstić information content (AvgIpc) is 3.18. The van der Waals surface area contributed by atoms with Crippen molar-refractivity contribution in [1.82, 2.24) is 8.87 Å². The highest BCUT2D eigenvalue weighted by atomic mass is 32.2. The van der Waals surface area contributed by atoms with Crippen molar-refractivity contribution < 1.29 is 23.1 Å². The summed E-state index contributed by atoms with van der Waals surface area (Å²) >= 11 is 0. The van der Waals surface area contributed by atoms with Crippen LogP contribution in [0.3, 0.4) is 0 Å². The minimum Gasteiger partial charge on any atom is -0.505 e. The molecule has 0 aliphatic carbocycles. The van der Waals surface area contributed by atoms with Crippen LogP contribution in [0, 0.1) is 5.39 Å². The summed E-state index contributed by atoms with van der Waals surface area (Å²) in [5, 5.41) is 19.0. The summed E-state index contributed by atoms with van der Waals surface area (Å²) in [6.45, 7) is 1.16. The Kier molecular flexibility index (Phi) is 6.94. The Morgan fingerprint density at radius 1 is 1.09 bits per heavy atom. The monoisotopic (exact) mass is 467 g/mol. The highest BCUT2D eigenvalue weighted by molar-refractivity contribution is 7.90. The van der Waals surface area contributed by atoms with Crippen molar-refractivity contribution in [2.75, 3.05) is 7.05 Å². The second-order valence-electron chi connectivity index (χ2n) is 7.42. The smallest absolute Gasteiger partial charge is 0.485 e. The number of aryl methyl sites for hydroxylation is 1. The predicted molar refractivity (Wildman–Crippen MR) is 122 cm³/mol. The molecule has 0 aliphatic rings. The summed E-state index contributed by atoms with van der Waals surface area (Å²) < 4.78 is 28.0. The van der Waals surface area contributed by atoms with E-state index in [4.69, 9.17) is 5.39 Å². The molecule has 2 amide bonds. The molecule has 0 aliphatic heterocycles. The number of imide groups is 1. The van der Waals surface area contributed by atoms with E-state index in [-0.39, 0.29) is 24.2 Å². The van der Waals surface area contributed by atoms with Crippen LogP contribution in [0.4, 0.5) is 0 Å². The zero-order chi connectivity index (χ0) is 24.2. The van der Waals surface area contributed by atoms with Crippen LogP contribution in [0.15, 0.2) is 77.0 Å². The molecule has 9 nitrogen and oxygen atoms in total. The van der Waals surface area contributed by atoms with Gasteiger partial charge in [0.05, 0.1) is 10.4 Å². The number of benzene rings is 2. The lowest BCUT2D eigenvalue weighted by Gasteiger charge is -2.13. The van der Waals surface area contributed by atoms with Gasteiger partial charge in [-0.1, -0.05) is 36.4 Å². The molecular formula is C23H23N4O5S+. The molecule has 0 saturated carbocycles. The number of hydrogen-bond donors (Lipinski definition) is 1. The van der Waals surface area contributed by atoms with Gasteiger partial charge in [-0.05, 0) is 37.1 Å². The van der Waals surface area contributed by atoms with Crippen molar-refractivity contribution in [3.63, 3.8) is 0 Å². The largest absolute Gasteiger partial charge is 0.505 e. The van der Waals surface area contributed by atoms with Gasteiger partial charge in [0.2, 0.25) is 11.3 Å². The van der Waals surface area contributed by atoms with Crippen molar-refractivity contribution in [2.45, 2.75) is 31.1 Å². The first-order chi connectivity index (χ1) is 15.7. The van der Waals surface area contributed by atoms with Gasteiger partial charge in [-0.25, -0.2) is 12.4 Å². The Morgan fingerprint density at radius 3 is 2.36 bits per heavy atom. The molecule has 0 radical (unpaired) electrons. The van der Waals surface area contributed by atoms with Gasteiger partial charge in [-0.2, -0.15) is 0 Å². The molecule has 1 heterocycles. The van der Waals surface area contributed by atoms with E-state index in [0.29, 0.717) is 11.2 Å². The van der Waals surface area contributed by atoms with Crippen LogP contribution in [0.2, 0.25) is 0 Å². The second kappa shape index (κ2) is 9.67. The number of likely N-dealkylation sites (N-methyl/N-ethyl adjacent to an activating group) is 1.